The zero-order valence-corrected chi connectivity index (χ0v) is 20.3. The number of nitrogens with one attached hydrogen (secondary N) is 1. The molecule has 2 aromatic heterocycles. The van der Waals surface area contributed by atoms with E-state index in [4.69, 9.17) is 20.8 Å². The van der Waals surface area contributed by atoms with Gasteiger partial charge in [0.1, 0.15) is 23.4 Å². The number of methoxy groups -OCH3 is 1. The Bertz CT molecular complexity index is 1730. The Labute approximate surface area is 210 Å². The molecule has 36 heavy (non-hydrogen) atoms. The SMILES string of the molecule is COc1ccc(Cn2c(=O)c3oc4ccccc4c3n(CC(=O)Nc3cccc(Cl)c3C)c2=O)cc1. The third kappa shape index (κ3) is 4.16. The van der Waals surface area contributed by atoms with E-state index in [1.165, 1.54) is 4.57 Å². The molecule has 0 bridgehead atoms. The lowest BCUT2D eigenvalue weighted by Crippen LogP contribution is -2.41. The first kappa shape index (κ1) is 23.4. The van der Waals surface area contributed by atoms with Crippen LogP contribution in [0.2, 0.25) is 5.02 Å². The summed E-state index contributed by atoms with van der Waals surface area (Å²) in [5.74, 6) is 0.216. The van der Waals surface area contributed by atoms with E-state index in [0.717, 1.165) is 10.1 Å². The molecule has 1 amide bonds. The van der Waals surface area contributed by atoms with Crippen molar-refractivity contribution in [3.05, 3.63) is 104 Å². The minimum Gasteiger partial charge on any atom is -0.497 e. The first-order valence-corrected chi connectivity index (χ1v) is 11.6. The average molecular weight is 504 g/mol. The number of carbonyl (C=O) groups excluding carboxylic acids is 1. The molecule has 0 aliphatic heterocycles. The molecule has 3 aromatic carbocycles. The van der Waals surface area contributed by atoms with Gasteiger partial charge >= 0.3 is 5.69 Å². The Balaban J connectivity index is 1.63. The van der Waals surface area contributed by atoms with Crippen molar-refractivity contribution in [2.45, 2.75) is 20.0 Å². The summed E-state index contributed by atoms with van der Waals surface area (Å²) in [6.45, 7) is 1.47. The fourth-order valence-corrected chi connectivity index (χ4v) is 4.35. The summed E-state index contributed by atoms with van der Waals surface area (Å²) in [4.78, 5) is 40.1. The predicted octanol–water partition coefficient (Wildman–Crippen LogP) is 4.57. The number of para-hydroxylation sites is 1. The van der Waals surface area contributed by atoms with Gasteiger partial charge in [-0.1, -0.05) is 41.9 Å². The van der Waals surface area contributed by atoms with Gasteiger partial charge in [-0.15, -0.1) is 0 Å². The molecule has 2 heterocycles. The standard InChI is InChI=1S/C27H22ClN3O5/c1-16-20(28)7-5-8-21(16)29-23(32)15-30-24-19-6-3-4-9-22(19)36-25(24)26(33)31(27(30)34)14-17-10-12-18(35-2)13-11-17/h3-13H,14-15H2,1-2H3,(H,29,32). The van der Waals surface area contributed by atoms with E-state index < -0.39 is 17.2 Å². The summed E-state index contributed by atoms with van der Waals surface area (Å²) in [5.41, 5.74) is 1.53. The third-order valence-electron chi connectivity index (χ3n) is 6.08. The number of anilines is 1. The van der Waals surface area contributed by atoms with E-state index >= 15 is 0 Å². The number of benzene rings is 3. The van der Waals surface area contributed by atoms with Gasteiger partial charge in [0, 0.05) is 16.1 Å². The molecule has 0 aliphatic carbocycles. The summed E-state index contributed by atoms with van der Waals surface area (Å²) < 4.78 is 13.4. The number of fused-ring (bicyclic) bond motifs is 3. The highest BCUT2D eigenvalue weighted by atomic mass is 35.5. The van der Waals surface area contributed by atoms with Gasteiger partial charge in [-0.05, 0) is 54.4 Å². The van der Waals surface area contributed by atoms with E-state index in [1.807, 2.05) is 0 Å². The van der Waals surface area contributed by atoms with Gasteiger partial charge in [0.2, 0.25) is 11.5 Å². The molecule has 0 fully saturated rings. The number of hydrogen-bond donors (Lipinski definition) is 1. The summed E-state index contributed by atoms with van der Waals surface area (Å²) in [6, 6.07) is 19.3. The first-order valence-electron chi connectivity index (χ1n) is 11.2. The zero-order valence-electron chi connectivity index (χ0n) is 19.6. The lowest BCUT2D eigenvalue weighted by molar-refractivity contribution is -0.116. The van der Waals surface area contributed by atoms with Gasteiger partial charge in [-0.2, -0.15) is 0 Å². The second kappa shape index (κ2) is 9.39. The van der Waals surface area contributed by atoms with Gasteiger partial charge in [-0.25, -0.2) is 4.79 Å². The second-order valence-corrected chi connectivity index (χ2v) is 8.75. The van der Waals surface area contributed by atoms with E-state index in [1.54, 1.807) is 80.8 Å². The monoisotopic (exact) mass is 503 g/mol. The number of hydrogen-bond acceptors (Lipinski definition) is 5. The highest BCUT2D eigenvalue weighted by Crippen LogP contribution is 2.26. The van der Waals surface area contributed by atoms with Crippen LogP contribution in [0.1, 0.15) is 11.1 Å². The van der Waals surface area contributed by atoms with Crippen molar-refractivity contribution >= 4 is 45.3 Å². The number of halogens is 1. The van der Waals surface area contributed by atoms with Crippen molar-refractivity contribution in [3.8, 4) is 5.75 Å². The van der Waals surface area contributed by atoms with Crippen LogP contribution >= 0.6 is 11.6 Å². The van der Waals surface area contributed by atoms with E-state index in [-0.39, 0.29) is 24.2 Å². The molecule has 5 rings (SSSR count). The number of aromatic nitrogens is 2. The number of ether oxygens (including phenoxy) is 1. The van der Waals surface area contributed by atoms with Crippen molar-refractivity contribution in [1.82, 2.24) is 9.13 Å². The fourth-order valence-electron chi connectivity index (χ4n) is 4.17. The molecule has 0 saturated heterocycles. The average Bonchev–Trinajstić information content (AvgIpc) is 3.27. The van der Waals surface area contributed by atoms with E-state index in [2.05, 4.69) is 5.32 Å². The molecule has 0 unspecified atom stereocenters. The lowest BCUT2D eigenvalue weighted by Gasteiger charge is -2.13. The highest BCUT2D eigenvalue weighted by molar-refractivity contribution is 6.31. The smallest absolute Gasteiger partial charge is 0.332 e. The number of furan rings is 1. The van der Waals surface area contributed by atoms with Crippen molar-refractivity contribution in [2.24, 2.45) is 0 Å². The molecule has 0 radical (unpaired) electrons. The molecule has 9 heteroatoms. The first-order chi connectivity index (χ1) is 17.4. The minimum absolute atomic E-state index is 0.00364. The molecular weight excluding hydrogens is 482 g/mol. The molecule has 8 nitrogen and oxygen atoms in total. The fraction of sp³-hybridized carbons (Fsp3) is 0.148. The van der Waals surface area contributed by atoms with Crippen LogP contribution in [0.25, 0.3) is 22.1 Å². The Kier molecular flexibility index (Phi) is 6.12. The molecule has 0 atom stereocenters. The van der Waals surface area contributed by atoms with Crippen LogP contribution in [0, 0.1) is 6.92 Å². The second-order valence-electron chi connectivity index (χ2n) is 8.34. The normalized spacial score (nSPS) is 11.2. The molecule has 5 aromatic rings. The van der Waals surface area contributed by atoms with Crippen LogP contribution in [0.15, 0.2) is 80.7 Å². The van der Waals surface area contributed by atoms with Gasteiger partial charge < -0.3 is 14.5 Å². The number of carbonyl (C=O) groups is 1. The Morgan fingerprint density at radius 1 is 1.00 bits per heavy atom. The zero-order chi connectivity index (χ0) is 25.4. The predicted molar refractivity (Wildman–Crippen MR) is 139 cm³/mol. The molecule has 182 valence electrons. The maximum atomic E-state index is 13.6. The van der Waals surface area contributed by atoms with Crippen LogP contribution in [-0.4, -0.2) is 22.2 Å². The number of rotatable bonds is 6. The number of nitrogens with zero attached hydrogens (tertiary/aromatic N) is 2. The highest BCUT2D eigenvalue weighted by Gasteiger charge is 2.21. The van der Waals surface area contributed by atoms with Gasteiger partial charge in [-0.3, -0.25) is 18.7 Å². The summed E-state index contributed by atoms with van der Waals surface area (Å²) in [5, 5.41) is 3.90. The maximum Gasteiger partial charge on any atom is 0.332 e. The number of amides is 1. The molecule has 0 aliphatic rings. The largest absolute Gasteiger partial charge is 0.497 e. The van der Waals surface area contributed by atoms with Crippen LogP contribution in [0.3, 0.4) is 0 Å². The topological polar surface area (TPSA) is 95.5 Å². The summed E-state index contributed by atoms with van der Waals surface area (Å²) in [7, 11) is 1.56. The van der Waals surface area contributed by atoms with Gasteiger partial charge in [0.25, 0.3) is 5.56 Å². The summed E-state index contributed by atoms with van der Waals surface area (Å²) >= 11 is 6.18. The quantitative estimate of drug-likeness (QED) is 0.366. The van der Waals surface area contributed by atoms with Crippen LogP contribution in [0.4, 0.5) is 5.69 Å². The van der Waals surface area contributed by atoms with E-state index in [9.17, 15) is 14.4 Å². The van der Waals surface area contributed by atoms with Gasteiger partial charge in [0.05, 0.1) is 13.7 Å². The summed E-state index contributed by atoms with van der Waals surface area (Å²) in [6.07, 6.45) is 0. The van der Waals surface area contributed by atoms with E-state index in [0.29, 0.717) is 33.0 Å². The van der Waals surface area contributed by atoms with Crippen LogP contribution < -0.4 is 21.3 Å². The Morgan fingerprint density at radius 3 is 2.50 bits per heavy atom. The molecule has 0 spiro atoms. The van der Waals surface area contributed by atoms with Crippen molar-refractivity contribution in [1.29, 1.82) is 0 Å². The molecule has 0 saturated carbocycles. The Morgan fingerprint density at radius 2 is 1.75 bits per heavy atom. The van der Waals surface area contributed by atoms with Crippen molar-refractivity contribution < 1.29 is 13.9 Å². The third-order valence-corrected chi connectivity index (χ3v) is 6.49. The van der Waals surface area contributed by atoms with Crippen molar-refractivity contribution in [3.63, 3.8) is 0 Å². The maximum absolute atomic E-state index is 13.6. The van der Waals surface area contributed by atoms with Crippen LogP contribution in [-0.2, 0) is 17.9 Å². The molecular formula is C27H22ClN3O5. The minimum atomic E-state index is -0.618. The van der Waals surface area contributed by atoms with Crippen molar-refractivity contribution in [2.75, 3.05) is 12.4 Å². The Hall–Kier alpha value is -4.30. The molecule has 1 N–H and O–H groups in total. The van der Waals surface area contributed by atoms with Gasteiger partial charge in [0.15, 0.2) is 0 Å². The van der Waals surface area contributed by atoms with Crippen LogP contribution in [0.5, 0.6) is 5.75 Å². The lowest BCUT2D eigenvalue weighted by atomic mass is 10.2.